The van der Waals surface area contributed by atoms with E-state index in [1.807, 2.05) is 4.90 Å². The van der Waals surface area contributed by atoms with Crippen molar-refractivity contribution in [3.63, 3.8) is 0 Å². The van der Waals surface area contributed by atoms with Crippen LogP contribution in [0.3, 0.4) is 0 Å². The minimum Gasteiger partial charge on any atom is -0.488 e. The van der Waals surface area contributed by atoms with E-state index >= 15 is 0 Å². The van der Waals surface area contributed by atoms with Gasteiger partial charge >= 0.3 is 0 Å². The number of amides is 1. The van der Waals surface area contributed by atoms with E-state index < -0.39 is 0 Å². The molecule has 4 rings (SSSR count). The zero-order valence-electron chi connectivity index (χ0n) is 22.5. The molecule has 2 fully saturated rings. The molecule has 208 valence electrons. The van der Waals surface area contributed by atoms with Crippen LogP contribution in [0, 0.1) is 5.82 Å². The lowest BCUT2D eigenvalue weighted by atomic mass is 10.0. The Bertz CT molecular complexity index is 1000. The standard InChI is InChI=1S/C28H42FN3O4.ClH/c1-20(2)32(22-8-6-12-30-18-22)27(33)17-26-28(36-19-23-9-7-15-35-23)24-16-21(29)10-11-25(24)31(26)13-4-5-14-34-3;/h10-11,16,20,22-23,30H,4-9,12-15,17-19H2,1-3H3;1H/t22-,23?;/m1./s1. The van der Waals surface area contributed by atoms with Gasteiger partial charge in [0.25, 0.3) is 0 Å². The maximum Gasteiger partial charge on any atom is 0.229 e. The van der Waals surface area contributed by atoms with Crippen molar-refractivity contribution >= 4 is 29.2 Å². The molecule has 37 heavy (non-hydrogen) atoms. The third-order valence-electron chi connectivity index (χ3n) is 7.33. The summed E-state index contributed by atoms with van der Waals surface area (Å²) < 4.78 is 33.9. The van der Waals surface area contributed by atoms with E-state index in [9.17, 15) is 9.18 Å². The smallest absolute Gasteiger partial charge is 0.229 e. The van der Waals surface area contributed by atoms with Crippen molar-refractivity contribution in [2.24, 2.45) is 0 Å². The fourth-order valence-corrected chi connectivity index (χ4v) is 5.63. The zero-order valence-corrected chi connectivity index (χ0v) is 23.3. The number of methoxy groups -OCH3 is 1. The average molecular weight is 540 g/mol. The summed E-state index contributed by atoms with van der Waals surface area (Å²) in [5.41, 5.74) is 1.72. The monoisotopic (exact) mass is 539 g/mol. The summed E-state index contributed by atoms with van der Waals surface area (Å²) in [6, 6.07) is 5.09. The Morgan fingerprint density at radius 1 is 1.27 bits per heavy atom. The van der Waals surface area contributed by atoms with Gasteiger partial charge in [-0.2, -0.15) is 0 Å². The summed E-state index contributed by atoms with van der Waals surface area (Å²) in [5, 5.41) is 4.16. The van der Waals surface area contributed by atoms with Crippen molar-refractivity contribution in [3.05, 3.63) is 29.7 Å². The number of rotatable bonds is 12. The van der Waals surface area contributed by atoms with E-state index in [2.05, 4.69) is 23.7 Å². The number of nitrogens with zero attached hydrogens (tertiary/aromatic N) is 2. The first-order valence-electron chi connectivity index (χ1n) is 13.6. The second-order valence-corrected chi connectivity index (χ2v) is 10.3. The molecule has 1 unspecified atom stereocenters. The molecule has 1 aromatic carbocycles. The third kappa shape index (κ3) is 7.37. The first-order chi connectivity index (χ1) is 17.5. The van der Waals surface area contributed by atoms with Gasteiger partial charge in [-0.1, -0.05) is 0 Å². The molecule has 1 N–H and O–H groups in total. The Morgan fingerprint density at radius 3 is 2.78 bits per heavy atom. The number of hydrogen-bond donors (Lipinski definition) is 1. The van der Waals surface area contributed by atoms with Crippen molar-refractivity contribution in [2.75, 3.05) is 40.0 Å². The highest BCUT2D eigenvalue weighted by Gasteiger charge is 2.30. The van der Waals surface area contributed by atoms with E-state index in [-0.39, 0.29) is 48.7 Å². The van der Waals surface area contributed by atoms with Crippen LogP contribution in [0.15, 0.2) is 18.2 Å². The van der Waals surface area contributed by atoms with Crippen LogP contribution in [-0.4, -0.2) is 73.6 Å². The molecule has 2 aliphatic heterocycles. The topological polar surface area (TPSA) is 65.0 Å². The van der Waals surface area contributed by atoms with Crippen molar-refractivity contribution in [1.82, 2.24) is 14.8 Å². The largest absolute Gasteiger partial charge is 0.488 e. The molecule has 2 atom stereocenters. The molecule has 9 heteroatoms. The summed E-state index contributed by atoms with van der Waals surface area (Å²) in [7, 11) is 1.70. The number of carbonyl (C=O) groups excluding carboxylic acids is 1. The van der Waals surface area contributed by atoms with Crippen LogP contribution < -0.4 is 10.1 Å². The van der Waals surface area contributed by atoms with Crippen LogP contribution in [0.5, 0.6) is 5.75 Å². The van der Waals surface area contributed by atoms with Crippen LogP contribution in [0.25, 0.3) is 10.9 Å². The van der Waals surface area contributed by atoms with Crippen LogP contribution in [-0.2, 0) is 27.2 Å². The number of aromatic nitrogens is 1. The second kappa shape index (κ2) is 14.3. The third-order valence-corrected chi connectivity index (χ3v) is 7.33. The molecule has 0 spiro atoms. The van der Waals surface area contributed by atoms with Gasteiger partial charge < -0.3 is 29.0 Å². The van der Waals surface area contributed by atoms with Gasteiger partial charge in [0.05, 0.1) is 23.7 Å². The lowest BCUT2D eigenvalue weighted by Crippen LogP contribution is -2.52. The van der Waals surface area contributed by atoms with Gasteiger partial charge in [0.1, 0.15) is 18.2 Å². The molecular formula is C28H43ClFN3O4. The number of piperidine rings is 1. The number of aryl methyl sites for hydroxylation is 1. The number of carbonyl (C=O) groups is 1. The number of nitrogens with one attached hydrogen (secondary N) is 1. The van der Waals surface area contributed by atoms with Crippen LogP contribution in [0.4, 0.5) is 4.39 Å². The first kappa shape index (κ1) is 29.7. The van der Waals surface area contributed by atoms with E-state index in [0.29, 0.717) is 25.5 Å². The molecule has 2 aromatic rings. The molecule has 0 saturated carbocycles. The SMILES string of the molecule is COCCCCn1c(CC(=O)N(C(C)C)[C@@H]2CCCNC2)c(OCC2CCCO2)c2cc(F)ccc21.Cl. The molecule has 2 saturated heterocycles. The highest BCUT2D eigenvalue weighted by Crippen LogP contribution is 2.36. The lowest BCUT2D eigenvalue weighted by molar-refractivity contribution is -0.135. The fraction of sp³-hybridized carbons (Fsp3) is 0.679. The van der Waals surface area contributed by atoms with Crippen molar-refractivity contribution in [2.45, 2.75) is 83.5 Å². The van der Waals surface area contributed by atoms with E-state index in [1.54, 1.807) is 13.2 Å². The van der Waals surface area contributed by atoms with Gasteiger partial charge in [-0.3, -0.25) is 4.79 Å². The molecule has 0 aliphatic carbocycles. The predicted molar refractivity (Wildman–Crippen MR) is 146 cm³/mol. The Kier molecular flexibility index (Phi) is 11.5. The maximum absolute atomic E-state index is 14.4. The second-order valence-electron chi connectivity index (χ2n) is 10.3. The van der Waals surface area contributed by atoms with Crippen molar-refractivity contribution < 1.29 is 23.4 Å². The van der Waals surface area contributed by atoms with Crippen LogP contribution >= 0.6 is 12.4 Å². The van der Waals surface area contributed by atoms with Crippen molar-refractivity contribution in [1.29, 1.82) is 0 Å². The van der Waals surface area contributed by atoms with Gasteiger partial charge in [0.15, 0.2) is 0 Å². The van der Waals surface area contributed by atoms with Gasteiger partial charge in [0, 0.05) is 50.9 Å². The van der Waals surface area contributed by atoms with Gasteiger partial charge in [-0.25, -0.2) is 4.39 Å². The quantitative estimate of drug-likeness (QED) is 0.395. The lowest BCUT2D eigenvalue weighted by Gasteiger charge is -2.38. The number of fused-ring (bicyclic) bond motifs is 1. The molecule has 1 amide bonds. The summed E-state index contributed by atoms with van der Waals surface area (Å²) in [5.74, 6) is 0.392. The molecule has 7 nitrogen and oxygen atoms in total. The first-order valence-corrected chi connectivity index (χ1v) is 13.6. The van der Waals surface area contributed by atoms with Crippen LogP contribution in [0.2, 0.25) is 0 Å². The summed E-state index contributed by atoms with van der Waals surface area (Å²) in [6.07, 6.45) is 6.09. The molecule has 0 radical (unpaired) electrons. The fourth-order valence-electron chi connectivity index (χ4n) is 5.63. The highest BCUT2D eigenvalue weighted by molar-refractivity contribution is 5.91. The summed E-state index contributed by atoms with van der Waals surface area (Å²) >= 11 is 0. The minimum absolute atomic E-state index is 0. The van der Waals surface area contributed by atoms with E-state index in [0.717, 1.165) is 74.8 Å². The summed E-state index contributed by atoms with van der Waals surface area (Å²) in [6.45, 7) is 8.52. The predicted octanol–water partition coefficient (Wildman–Crippen LogP) is 4.72. The van der Waals surface area contributed by atoms with E-state index in [4.69, 9.17) is 14.2 Å². The summed E-state index contributed by atoms with van der Waals surface area (Å²) in [4.78, 5) is 15.9. The van der Waals surface area contributed by atoms with Gasteiger partial charge in [-0.15, -0.1) is 12.4 Å². The number of benzene rings is 1. The molecule has 1 aromatic heterocycles. The number of halogens is 2. The molecule has 0 bridgehead atoms. The van der Waals surface area contributed by atoms with Crippen LogP contribution in [0.1, 0.15) is 58.1 Å². The normalized spacial score (nSPS) is 19.8. The molecular weight excluding hydrogens is 497 g/mol. The molecule has 3 heterocycles. The zero-order chi connectivity index (χ0) is 25.5. The number of hydrogen-bond acceptors (Lipinski definition) is 5. The Labute approximate surface area is 226 Å². The Balaban J connectivity index is 0.00000380. The number of unbranched alkanes of at least 4 members (excludes halogenated alkanes) is 1. The molecule has 2 aliphatic rings. The Hall–Kier alpha value is -1.87. The highest BCUT2D eigenvalue weighted by atomic mass is 35.5. The van der Waals surface area contributed by atoms with Gasteiger partial charge in [0.2, 0.25) is 5.91 Å². The number of ether oxygens (including phenoxy) is 3. The van der Waals surface area contributed by atoms with E-state index in [1.165, 1.54) is 12.1 Å². The Morgan fingerprint density at radius 2 is 2.11 bits per heavy atom. The van der Waals surface area contributed by atoms with Crippen molar-refractivity contribution in [3.8, 4) is 5.75 Å². The minimum atomic E-state index is -0.309. The van der Waals surface area contributed by atoms with Gasteiger partial charge in [-0.05, 0) is 77.1 Å². The average Bonchev–Trinajstić information content (AvgIpc) is 3.47. The maximum atomic E-state index is 14.4.